The van der Waals surface area contributed by atoms with Crippen LogP contribution in [-0.2, 0) is 16.3 Å². The molecule has 0 heterocycles. The van der Waals surface area contributed by atoms with Crippen molar-refractivity contribution in [1.29, 1.82) is 10.5 Å². The molecule has 1 rings (SSSR count). The summed E-state index contributed by atoms with van der Waals surface area (Å²) in [7, 11) is -3.23. The van der Waals surface area contributed by atoms with Crippen LogP contribution in [0.3, 0.4) is 0 Å². The highest BCUT2D eigenvalue weighted by Gasteiger charge is 2.28. The standard InChI is InChI=1S/C14H14N2O2S/c1-3-8-14(10-15,11-16)9-12-4-6-13(7-5-12)19(2,17)18/h3-7H,1,8-9H2,2H3. The molecule has 5 heteroatoms. The van der Waals surface area contributed by atoms with Gasteiger partial charge >= 0.3 is 0 Å². The molecule has 0 saturated heterocycles. The summed E-state index contributed by atoms with van der Waals surface area (Å²) in [6, 6.07) is 10.2. The van der Waals surface area contributed by atoms with Crippen LogP contribution >= 0.6 is 0 Å². The van der Waals surface area contributed by atoms with Crippen molar-refractivity contribution in [2.75, 3.05) is 6.26 Å². The van der Waals surface area contributed by atoms with Crippen LogP contribution in [0, 0.1) is 28.1 Å². The van der Waals surface area contributed by atoms with Gasteiger partial charge in [0.1, 0.15) is 0 Å². The van der Waals surface area contributed by atoms with Gasteiger partial charge in [-0.05, 0) is 24.1 Å². The number of rotatable bonds is 5. The number of sulfone groups is 1. The third kappa shape index (κ3) is 3.67. The van der Waals surface area contributed by atoms with Gasteiger partial charge in [0.25, 0.3) is 0 Å². The van der Waals surface area contributed by atoms with Crippen LogP contribution in [0.4, 0.5) is 0 Å². The zero-order valence-corrected chi connectivity index (χ0v) is 11.4. The molecule has 1 aromatic rings. The van der Waals surface area contributed by atoms with Gasteiger partial charge in [0, 0.05) is 12.7 Å². The lowest BCUT2D eigenvalue weighted by Crippen LogP contribution is -2.18. The Morgan fingerprint density at radius 1 is 1.26 bits per heavy atom. The van der Waals surface area contributed by atoms with Crippen molar-refractivity contribution in [2.24, 2.45) is 5.41 Å². The minimum atomic E-state index is -3.23. The number of hydrogen-bond donors (Lipinski definition) is 0. The topological polar surface area (TPSA) is 81.7 Å². The third-order valence-electron chi connectivity index (χ3n) is 2.78. The highest BCUT2D eigenvalue weighted by molar-refractivity contribution is 7.90. The maximum Gasteiger partial charge on any atom is 0.175 e. The van der Waals surface area contributed by atoms with Crippen LogP contribution < -0.4 is 0 Å². The molecule has 0 bridgehead atoms. The van der Waals surface area contributed by atoms with Gasteiger partial charge in [-0.3, -0.25) is 0 Å². The average Bonchev–Trinajstić information content (AvgIpc) is 2.37. The van der Waals surface area contributed by atoms with E-state index < -0.39 is 15.3 Å². The van der Waals surface area contributed by atoms with E-state index in [-0.39, 0.29) is 17.7 Å². The Morgan fingerprint density at radius 3 is 2.16 bits per heavy atom. The fourth-order valence-electron chi connectivity index (χ4n) is 1.72. The van der Waals surface area contributed by atoms with Crippen LogP contribution in [0.1, 0.15) is 12.0 Å². The van der Waals surface area contributed by atoms with Crippen molar-refractivity contribution in [3.05, 3.63) is 42.5 Å². The first-order chi connectivity index (χ1) is 8.87. The summed E-state index contributed by atoms with van der Waals surface area (Å²) in [4.78, 5) is 0.222. The molecule has 0 radical (unpaired) electrons. The molecular formula is C14H14N2O2S. The van der Waals surface area contributed by atoms with Crippen LogP contribution in [0.2, 0.25) is 0 Å². The number of nitrogens with zero attached hydrogens (tertiary/aromatic N) is 2. The van der Waals surface area contributed by atoms with E-state index in [2.05, 4.69) is 6.58 Å². The third-order valence-corrected chi connectivity index (χ3v) is 3.91. The van der Waals surface area contributed by atoms with Gasteiger partial charge in [0.05, 0.1) is 17.0 Å². The van der Waals surface area contributed by atoms with Gasteiger partial charge < -0.3 is 0 Å². The Hall–Kier alpha value is -2.11. The summed E-state index contributed by atoms with van der Waals surface area (Å²) in [6.07, 6.45) is 3.19. The Kier molecular flexibility index (Phi) is 4.47. The molecule has 0 fully saturated rings. The number of hydrogen-bond acceptors (Lipinski definition) is 4. The van der Waals surface area contributed by atoms with Gasteiger partial charge in [0.2, 0.25) is 0 Å². The molecule has 0 spiro atoms. The summed E-state index contributed by atoms with van der Waals surface area (Å²) in [5.74, 6) is 0. The fraction of sp³-hybridized carbons (Fsp3) is 0.286. The second-order valence-corrected chi connectivity index (χ2v) is 6.41. The van der Waals surface area contributed by atoms with E-state index >= 15 is 0 Å². The van der Waals surface area contributed by atoms with Crippen molar-refractivity contribution in [3.8, 4) is 12.1 Å². The van der Waals surface area contributed by atoms with Crippen molar-refractivity contribution in [1.82, 2.24) is 0 Å². The largest absolute Gasteiger partial charge is 0.224 e. The molecule has 98 valence electrons. The second-order valence-electron chi connectivity index (χ2n) is 4.39. The van der Waals surface area contributed by atoms with E-state index in [1.807, 2.05) is 12.1 Å². The zero-order chi connectivity index (χ0) is 14.5. The maximum atomic E-state index is 11.3. The van der Waals surface area contributed by atoms with Crippen LogP contribution in [0.5, 0.6) is 0 Å². The molecule has 0 aromatic heterocycles. The normalized spacial score (nSPS) is 11.3. The molecule has 0 unspecified atom stereocenters. The fourth-order valence-corrected chi connectivity index (χ4v) is 2.35. The predicted molar refractivity (Wildman–Crippen MR) is 71.7 cm³/mol. The van der Waals surface area contributed by atoms with Crippen molar-refractivity contribution < 1.29 is 8.42 Å². The van der Waals surface area contributed by atoms with E-state index in [4.69, 9.17) is 10.5 Å². The summed E-state index contributed by atoms with van der Waals surface area (Å²) < 4.78 is 22.7. The monoisotopic (exact) mass is 274 g/mol. The van der Waals surface area contributed by atoms with Gasteiger partial charge in [-0.15, -0.1) is 6.58 Å². The molecule has 0 atom stereocenters. The molecule has 0 aliphatic carbocycles. The smallest absolute Gasteiger partial charge is 0.175 e. The summed E-state index contributed by atoms with van der Waals surface area (Å²) in [5.41, 5.74) is -0.397. The molecule has 0 aliphatic rings. The Balaban J connectivity index is 3.04. The van der Waals surface area contributed by atoms with Crippen molar-refractivity contribution in [2.45, 2.75) is 17.7 Å². The first-order valence-electron chi connectivity index (χ1n) is 5.59. The highest BCUT2D eigenvalue weighted by Crippen LogP contribution is 2.26. The van der Waals surface area contributed by atoms with Crippen molar-refractivity contribution in [3.63, 3.8) is 0 Å². The van der Waals surface area contributed by atoms with Gasteiger partial charge in [-0.25, -0.2) is 8.42 Å². The van der Waals surface area contributed by atoms with E-state index in [9.17, 15) is 8.42 Å². The number of allylic oxidation sites excluding steroid dienone is 1. The van der Waals surface area contributed by atoms with Crippen LogP contribution in [0.25, 0.3) is 0 Å². The summed E-state index contributed by atoms with van der Waals surface area (Å²) >= 11 is 0. The first-order valence-corrected chi connectivity index (χ1v) is 7.48. The molecule has 0 amide bonds. The van der Waals surface area contributed by atoms with Crippen LogP contribution in [0.15, 0.2) is 41.8 Å². The quantitative estimate of drug-likeness (QED) is 0.771. The minimum Gasteiger partial charge on any atom is -0.224 e. The van der Waals surface area contributed by atoms with Crippen LogP contribution in [-0.4, -0.2) is 14.7 Å². The Labute approximate surface area is 113 Å². The Morgan fingerprint density at radius 2 is 1.79 bits per heavy atom. The van der Waals surface area contributed by atoms with E-state index in [0.29, 0.717) is 0 Å². The second kappa shape index (κ2) is 5.69. The molecule has 0 N–H and O–H groups in total. The molecule has 19 heavy (non-hydrogen) atoms. The maximum absolute atomic E-state index is 11.3. The lowest BCUT2D eigenvalue weighted by atomic mass is 9.81. The van der Waals surface area contributed by atoms with Gasteiger partial charge in [-0.2, -0.15) is 10.5 Å². The minimum absolute atomic E-state index is 0.222. The molecule has 0 saturated carbocycles. The van der Waals surface area contributed by atoms with E-state index in [1.54, 1.807) is 12.1 Å². The van der Waals surface area contributed by atoms with Gasteiger partial charge in [0.15, 0.2) is 15.3 Å². The molecule has 4 nitrogen and oxygen atoms in total. The molecule has 1 aromatic carbocycles. The first kappa shape index (κ1) is 14.9. The SMILES string of the molecule is C=CCC(C#N)(C#N)Cc1ccc(S(C)(=O)=O)cc1. The van der Waals surface area contributed by atoms with E-state index in [0.717, 1.165) is 11.8 Å². The summed E-state index contributed by atoms with van der Waals surface area (Å²) in [6.45, 7) is 3.55. The zero-order valence-electron chi connectivity index (χ0n) is 10.6. The lowest BCUT2D eigenvalue weighted by molar-refractivity contribution is 0.527. The highest BCUT2D eigenvalue weighted by atomic mass is 32.2. The van der Waals surface area contributed by atoms with Gasteiger partial charge in [-0.1, -0.05) is 18.2 Å². The van der Waals surface area contributed by atoms with Crippen molar-refractivity contribution >= 4 is 9.84 Å². The molecular weight excluding hydrogens is 260 g/mol. The average molecular weight is 274 g/mol. The Bertz CT molecular complexity index is 632. The lowest BCUT2D eigenvalue weighted by Gasteiger charge is -2.16. The number of nitriles is 2. The molecule has 0 aliphatic heterocycles. The summed E-state index contributed by atoms with van der Waals surface area (Å²) in [5, 5.41) is 18.3. The predicted octanol–water partition coefficient (Wildman–Crippen LogP) is 2.24. The number of benzene rings is 1. The van der Waals surface area contributed by atoms with E-state index in [1.165, 1.54) is 18.2 Å².